The Balaban J connectivity index is 1.41. The van der Waals surface area contributed by atoms with Crippen LogP contribution in [0, 0.1) is 0 Å². The van der Waals surface area contributed by atoms with Crippen molar-refractivity contribution in [2.75, 3.05) is 45.2 Å². The van der Waals surface area contributed by atoms with Gasteiger partial charge in [-0.2, -0.15) is 0 Å². The molecular formula is C20H27N3O2+2. The van der Waals surface area contributed by atoms with E-state index in [9.17, 15) is 4.79 Å². The molecule has 0 aliphatic carbocycles. The van der Waals surface area contributed by atoms with Crippen LogP contribution >= 0.6 is 0 Å². The van der Waals surface area contributed by atoms with Crippen LogP contribution in [0.25, 0.3) is 0 Å². The number of piperazine rings is 1. The van der Waals surface area contributed by atoms with Crippen molar-refractivity contribution in [3.63, 3.8) is 0 Å². The molecule has 0 radical (unpaired) electrons. The summed E-state index contributed by atoms with van der Waals surface area (Å²) in [6.07, 6.45) is 0. The number of carbonyl (C=O) groups excluding carboxylic acids is 1. The fourth-order valence-corrected chi connectivity index (χ4v) is 3.30. The monoisotopic (exact) mass is 341 g/mol. The number of nitrogens with one attached hydrogen (secondary N) is 3. The van der Waals surface area contributed by atoms with Gasteiger partial charge in [0, 0.05) is 11.3 Å². The average Bonchev–Trinajstić information content (AvgIpc) is 2.65. The molecule has 5 nitrogen and oxygen atoms in total. The van der Waals surface area contributed by atoms with Crippen LogP contribution in [0.5, 0.6) is 5.75 Å². The summed E-state index contributed by atoms with van der Waals surface area (Å²) in [4.78, 5) is 15.2. The standard InChI is InChI=1S/C20H25N3O2/c1-25-19-9-7-18(8-10-19)21-20(24)16-23-13-11-22(12-14-23)15-17-5-3-2-4-6-17/h2-10H,11-16H2,1H3,(H,21,24)/p+2. The molecule has 25 heavy (non-hydrogen) atoms. The highest BCUT2D eigenvalue weighted by Gasteiger charge is 2.24. The summed E-state index contributed by atoms with van der Waals surface area (Å²) in [5.74, 6) is 0.868. The Morgan fingerprint density at radius 3 is 2.24 bits per heavy atom. The lowest BCUT2D eigenvalue weighted by Gasteiger charge is -2.29. The molecule has 132 valence electrons. The molecule has 1 amide bonds. The lowest BCUT2D eigenvalue weighted by atomic mass is 10.2. The highest BCUT2D eigenvalue weighted by Crippen LogP contribution is 2.14. The Labute approximate surface area is 149 Å². The largest absolute Gasteiger partial charge is 0.497 e. The third-order valence-corrected chi connectivity index (χ3v) is 4.75. The maximum absolute atomic E-state index is 12.2. The van der Waals surface area contributed by atoms with Crippen LogP contribution in [0.15, 0.2) is 54.6 Å². The fraction of sp³-hybridized carbons (Fsp3) is 0.350. The zero-order chi connectivity index (χ0) is 17.5. The minimum atomic E-state index is 0.0756. The lowest BCUT2D eigenvalue weighted by Crippen LogP contribution is -3.28. The van der Waals surface area contributed by atoms with Crippen molar-refractivity contribution in [2.24, 2.45) is 0 Å². The topological polar surface area (TPSA) is 47.2 Å². The highest BCUT2D eigenvalue weighted by atomic mass is 16.5. The molecule has 0 spiro atoms. The number of hydrogen-bond acceptors (Lipinski definition) is 2. The van der Waals surface area contributed by atoms with Crippen molar-refractivity contribution in [3.05, 3.63) is 60.2 Å². The highest BCUT2D eigenvalue weighted by molar-refractivity contribution is 5.91. The van der Waals surface area contributed by atoms with E-state index in [0.717, 1.165) is 44.2 Å². The molecule has 5 heteroatoms. The van der Waals surface area contributed by atoms with Crippen LogP contribution in [0.3, 0.4) is 0 Å². The first kappa shape index (κ1) is 17.5. The molecule has 1 heterocycles. The van der Waals surface area contributed by atoms with Gasteiger partial charge >= 0.3 is 0 Å². The van der Waals surface area contributed by atoms with Crippen LogP contribution in [-0.2, 0) is 11.3 Å². The van der Waals surface area contributed by atoms with Crippen LogP contribution < -0.4 is 19.9 Å². The third kappa shape index (κ3) is 5.31. The minimum absolute atomic E-state index is 0.0756. The summed E-state index contributed by atoms with van der Waals surface area (Å²) >= 11 is 0. The molecule has 2 aromatic carbocycles. The quantitative estimate of drug-likeness (QED) is 0.671. The summed E-state index contributed by atoms with van der Waals surface area (Å²) in [5.41, 5.74) is 2.21. The Morgan fingerprint density at radius 2 is 1.60 bits per heavy atom. The molecule has 0 unspecified atom stereocenters. The molecule has 2 aromatic rings. The number of methoxy groups -OCH3 is 1. The van der Waals surface area contributed by atoms with Gasteiger partial charge in [-0.1, -0.05) is 30.3 Å². The normalized spacial score (nSPS) is 20.0. The van der Waals surface area contributed by atoms with E-state index in [1.807, 2.05) is 24.3 Å². The Bertz CT molecular complexity index is 665. The van der Waals surface area contributed by atoms with Crippen molar-refractivity contribution >= 4 is 11.6 Å². The van der Waals surface area contributed by atoms with E-state index in [0.29, 0.717) is 6.54 Å². The Hall–Kier alpha value is -2.37. The third-order valence-electron chi connectivity index (χ3n) is 4.75. The van der Waals surface area contributed by atoms with Gasteiger partial charge in [-0.25, -0.2) is 0 Å². The van der Waals surface area contributed by atoms with E-state index in [1.54, 1.807) is 12.0 Å². The molecule has 0 atom stereocenters. The van der Waals surface area contributed by atoms with Crippen molar-refractivity contribution in [2.45, 2.75) is 6.54 Å². The summed E-state index contributed by atoms with van der Waals surface area (Å²) < 4.78 is 5.13. The Kier molecular flexibility index (Phi) is 6.04. The molecule has 0 bridgehead atoms. The maximum Gasteiger partial charge on any atom is 0.279 e. The molecule has 1 fully saturated rings. The molecule has 1 saturated heterocycles. The van der Waals surface area contributed by atoms with E-state index in [4.69, 9.17) is 4.74 Å². The summed E-state index contributed by atoms with van der Waals surface area (Å²) in [6.45, 7) is 5.91. The van der Waals surface area contributed by atoms with Crippen molar-refractivity contribution in [3.8, 4) is 5.75 Å². The predicted octanol–water partition coefficient (Wildman–Crippen LogP) is -0.383. The van der Waals surface area contributed by atoms with Gasteiger partial charge in [-0.05, 0) is 24.3 Å². The number of carbonyl (C=O) groups is 1. The first-order chi connectivity index (χ1) is 12.2. The summed E-state index contributed by atoms with van der Waals surface area (Å²) in [6, 6.07) is 18.1. The average molecular weight is 341 g/mol. The number of amides is 1. The van der Waals surface area contributed by atoms with Crippen LogP contribution in [0.4, 0.5) is 5.69 Å². The zero-order valence-electron chi connectivity index (χ0n) is 14.8. The second-order valence-corrected chi connectivity index (χ2v) is 6.62. The smallest absolute Gasteiger partial charge is 0.279 e. The second-order valence-electron chi connectivity index (χ2n) is 6.62. The molecular weight excluding hydrogens is 314 g/mol. The van der Waals surface area contributed by atoms with E-state index in [1.165, 1.54) is 10.5 Å². The first-order valence-corrected chi connectivity index (χ1v) is 8.88. The van der Waals surface area contributed by atoms with Gasteiger partial charge in [0.15, 0.2) is 6.54 Å². The van der Waals surface area contributed by atoms with Gasteiger partial charge in [0.1, 0.15) is 38.5 Å². The number of ether oxygens (including phenoxy) is 1. The van der Waals surface area contributed by atoms with E-state index < -0.39 is 0 Å². The number of hydrogen-bond donors (Lipinski definition) is 3. The first-order valence-electron chi connectivity index (χ1n) is 8.88. The Morgan fingerprint density at radius 1 is 0.960 bits per heavy atom. The van der Waals surface area contributed by atoms with Crippen molar-refractivity contribution in [1.29, 1.82) is 0 Å². The van der Waals surface area contributed by atoms with Gasteiger partial charge in [0.25, 0.3) is 5.91 Å². The summed E-state index contributed by atoms with van der Waals surface area (Å²) in [7, 11) is 1.64. The van der Waals surface area contributed by atoms with E-state index in [-0.39, 0.29) is 5.91 Å². The summed E-state index contributed by atoms with van der Waals surface area (Å²) in [5, 5.41) is 2.97. The lowest BCUT2D eigenvalue weighted by molar-refractivity contribution is -1.02. The minimum Gasteiger partial charge on any atom is -0.497 e. The molecule has 3 rings (SSSR count). The van der Waals surface area contributed by atoms with Crippen LogP contribution in [0.2, 0.25) is 0 Å². The molecule has 0 saturated carbocycles. The van der Waals surface area contributed by atoms with Crippen LogP contribution in [-0.4, -0.2) is 45.7 Å². The van der Waals surface area contributed by atoms with Gasteiger partial charge in [-0.15, -0.1) is 0 Å². The van der Waals surface area contributed by atoms with Crippen molar-refractivity contribution in [1.82, 2.24) is 0 Å². The van der Waals surface area contributed by atoms with Gasteiger partial charge in [0.2, 0.25) is 0 Å². The second kappa shape index (κ2) is 8.65. The van der Waals surface area contributed by atoms with Crippen molar-refractivity contribution < 1.29 is 19.3 Å². The number of benzene rings is 2. The molecule has 0 aromatic heterocycles. The molecule has 1 aliphatic heterocycles. The SMILES string of the molecule is COc1ccc(NC(=O)C[NH+]2CC[NH+](Cc3ccccc3)CC2)cc1. The fourth-order valence-electron chi connectivity index (χ4n) is 3.30. The number of rotatable bonds is 6. The number of anilines is 1. The van der Waals surface area contributed by atoms with Gasteiger partial charge in [-0.3, -0.25) is 4.79 Å². The maximum atomic E-state index is 12.2. The number of quaternary nitrogens is 2. The van der Waals surface area contributed by atoms with E-state index in [2.05, 4.69) is 35.6 Å². The zero-order valence-corrected chi connectivity index (χ0v) is 14.8. The van der Waals surface area contributed by atoms with Gasteiger partial charge < -0.3 is 19.9 Å². The van der Waals surface area contributed by atoms with Gasteiger partial charge in [0.05, 0.1) is 7.11 Å². The van der Waals surface area contributed by atoms with Crippen LogP contribution in [0.1, 0.15) is 5.56 Å². The molecule has 3 N–H and O–H groups in total. The molecule has 1 aliphatic rings. The predicted molar refractivity (Wildman–Crippen MR) is 98.0 cm³/mol. The van der Waals surface area contributed by atoms with E-state index >= 15 is 0 Å².